The fourth-order valence-electron chi connectivity index (χ4n) is 6.66. The van der Waals surface area contributed by atoms with Crippen molar-refractivity contribution < 1.29 is 9.53 Å². The average molecular weight is 408 g/mol. The maximum atomic E-state index is 12.7. The van der Waals surface area contributed by atoms with Crippen LogP contribution in [0.5, 0.6) is 0 Å². The molecule has 0 unspecified atom stereocenters. The van der Waals surface area contributed by atoms with Gasteiger partial charge < -0.3 is 10.1 Å². The van der Waals surface area contributed by atoms with Gasteiger partial charge in [-0.05, 0) is 65.7 Å². The molecule has 1 spiro atoms. The third kappa shape index (κ3) is 2.85. The van der Waals surface area contributed by atoms with Gasteiger partial charge in [0.05, 0.1) is 11.8 Å². The molecule has 30 heavy (non-hydrogen) atoms. The molecule has 1 amide bonds. The first-order chi connectivity index (χ1) is 14.3. The Labute approximate surface area is 179 Å². The van der Waals surface area contributed by atoms with Gasteiger partial charge in [0.15, 0.2) is 0 Å². The first-order valence-electron chi connectivity index (χ1n) is 11.3. The first-order valence-corrected chi connectivity index (χ1v) is 11.3. The minimum Gasteiger partial charge on any atom is -0.373 e. The molecule has 5 atom stereocenters. The van der Waals surface area contributed by atoms with Gasteiger partial charge in [0.25, 0.3) is 0 Å². The zero-order valence-electron chi connectivity index (χ0n) is 18.5. The van der Waals surface area contributed by atoms with Gasteiger partial charge >= 0.3 is 0 Å². The lowest BCUT2D eigenvalue weighted by Gasteiger charge is -2.53. The molecular formula is C25H33N3O2. The molecule has 1 N–H and O–H groups in total. The zero-order chi connectivity index (χ0) is 21.1. The number of fused-ring (bicyclic) bond motifs is 1. The lowest BCUT2D eigenvalue weighted by Crippen LogP contribution is -2.59. The molecule has 1 saturated heterocycles. The fourth-order valence-corrected chi connectivity index (χ4v) is 6.66. The molecule has 2 saturated carbocycles. The molecule has 1 aromatic heterocycles. The summed E-state index contributed by atoms with van der Waals surface area (Å²) in [5.41, 5.74) is 2.58. The number of aromatic nitrogens is 2. The smallest absolute Gasteiger partial charge is 0.222 e. The van der Waals surface area contributed by atoms with E-state index in [-0.39, 0.29) is 34.8 Å². The van der Waals surface area contributed by atoms with Crippen LogP contribution in [-0.4, -0.2) is 28.3 Å². The van der Waals surface area contributed by atoms with Crippen LogP contribution >= 0.6 is 0 Å². The molecule has 1 aliphatic heterocycles. The number of carbonyl (C=O) groups is 1. The monoisotopic (exact) mass is 407 g/mol. The van der Waals surface area contributed by atoms with Gasteiger partial charge in [-0.3, -0.25) is 4.79 Å². The largest absolute Gasteiger partial charge is 0.373 e. The van der Waals surface area contributed by atoms with Gasteiger partial charge in [-0.1, -0.05) is 39.8 Å². The summed E-state index contributed by atoms with van der Waals surface area (Å²) in [7, 11) is 0. The highest BCUT2D eigenvalue weighted by Gasteiger charge is 2.68. The van der Waals surface area contributed by atoms with Gasteiger partial charge in [0, 0.05) is 31.0 Å². The van der Waals surface area contributed by atoms with Crippen molar-refractivity contribution in [1.82, 2.24) is 15.1 Å². The highest BCUT2D eigenvalue weighted by Crippen LogP contribution is 2.70. The van der Waals surface area contributed by atoms with E-state index in [1.165, 1.54) is 18.4 Å². The van der Waals surface area contributed by atoms with Crippen molar-refractivity contribution in [2.75, 3.05) is 6.61 Å². The van der Waals surface area contributed by atoms with Gasteiger partial charge in [-0.15, -0.1) is 0 Å². The summed E-state index contributed by atoms with van der Waals surface area (Å²) in [5.74, 6) is 1.28. The minimum absolute atomic E-state index is 0.0141. The highest BCUT2D eigenvalue weighted by molar-refractivity contribution is 5.78. The number of hydrogen-bond acceptors (Lipinski definition) is 3. The molecule has 1 aromatic carbocycles. The van der Waals surface area contributed by atoms with Crippen LogP contribution in [0, 0.1) is 28.6 Å². The first kappa shape index (κ1) is 19.8. The SMILES string of the molecule is CC(C)C(=O)N[C@@H]1C(C)(C)[C@@H]2C[C@@H]3[C@@H](c4ccc(-n5cccn5)cc4)OCC[C@@]31C2. The van der Waals surface area contributed by atoms with Crippen molar-refractivity contribution in [3.8, 4) is 5.69 Å². The molecule has 2 bridgehead atoms. The Kier molecular flexibility index (Phi) is 4.58. The van der Waals surface area contributed by atoms with E-state index in [1.54, 1.807) is 6.20 Å². The molecule has 2 heterocycles. The number of carbonyl (C=O) groups excluding carboxylic acids is 1. The minimum atomic E-state index is 0.0141. The average Bonchev–Trinajstić information content (AvgIpc) is 3.43. The summed E-state index contributed by atoms with van der Waals surface area (Å²) in [6, 6.07) is 10.8. The van der Waals surface area contributed by atoms with E-state index < -0.39 is 0 Å². The summed E-state index contributed by atoms with van der Waals surface area (Å²) in [6.07, 6.45) is 7.30. The molecule has 2 aliphatic carbocycles. The normalized spacial score (nSPS) is 34.2. The highest BCUT2D eigenvalue weighted by atomic mass is 16.5. The fraction of sp³-hybridized carbons (Fsp3) is 0.600. The van der Waals surface area contributed by atoms with Crippen molar-refractivity contribution in [1.29, 1.82) is 0 Å². The van der Waals surface area contributed by atoms with Crippen LogP contribution in [0.25, 0.3) is 5.69 Å². The van der Waals surface area contributed by atoms with Crippen molar-refractivity contribution >= 4 is 5.91 Å². The number of nitrogens with zero attached hydrogens (tertiary/aromatic N) is 2. The molecular weight excluding hydrogens is 374 g/mol. The van der Waals surface area contributed by atoms with Crippen LogP contribution in [0.2, 0.25) is 0 Å². The van der Waals surface area contributed by atoms with Crippen LogP contribution in [0.1, 0.15) is 58.6 Å². The van der Waals surface area contributed by atoms with E-state index in [2.05, 4.69) is 48.5 Å². The second kappa shape index (κ2) is 6.94. The van der Waals surface area contributed by atoms with E-state index >= 15 is 0 Å². The molecule has 3 fully saturated rings. The summed E-state index contributed by atoms with van der Waals surface area (Å²) in [4.78, 5) is 12.7. The molecule has 2 aromatic rings. The van der Waals surface area contributed by atoms with Crippen molar-refractivity contribution in [3.05, 3.63) is 48.3 Å². The summed E-state index contributed by atoms with van der Waals surface area (Å²) >= 11 is 0. The second-order valence-corrected chi connectivity index (χ2v) is 10.5. The lowest BCUT2D eigenvalue weighted by atomic mass is 9.58. The Hall–Kier alpha value is -2.14. The van der Waals surface area contributed by atoms with E-state index in [9.17, 15) is 4.79 Å². The molecule has 0 radical (unpaired) electrons. The second-order valence-electron chi connectivity index (χ2n) is 10.5. The maximum Gasteiger partial charge on any atom is 0.222 e. The molecule has 5 rings (SSSR count). The van der Waals surface area contributed by atoms with Crippen molar-refractivity contribution in [2.45, 2.75) is 59.1 Å². The van der Waals surface area contributed by atoms with Gasteiger partial charge in [0.1, 0.15) is 0 Å². The van der Waals surface area contributed by atoms with Crippen molar-refractivity contribution in [3.63, 3.8) is 0 Å². The summed E-state index contributed by atoms with van der Waals surface area (Å²) in [5, 5.41) is 7.81. The Bertz CT molecular complexity index is 918. The van der Waals surface area contributed by atoms with Crippen molar-refractivity contribution in [2.24, 2.45) is 28.6 Å². The predicted octanol–water partition coefficient (Wildman–Crippen LogP) is 4.53. The van der Waals surface area contributed by atoms with E-state index in [4.69, 9.17) is 4.74 Å². The Morgan fingerprint density at radius 1 is 1.27 bits per heavy atom. The van der Waals surface area contributed by atoms with Gasteiger partial charge in [-0.25, -0.2) is 4.68 Å². The predicted molar refractivity (Wildman–Crippen MR) is 116 cm³/mol. The Morgan fingerprint density at radius 2 is 2.03 bits per heavy atom. The molecule has 3 aliphatic rings. The Morgan fingerprint density at radius 3 is 2.70 bits per heavy atom. The summed E-state index contributed by atoms with van der Waals surface area (Å²) < 4.78 is 8.27. The number of amides is 1. The number of hydrogen-bond donors (Lipinski definition) is 1. The third-order valence-electron chi connectivity index (χ3n) is 8.31. The molecule has 160 valence electrons. The van der Waals surface area contributed by atoms with Gasteiger partial charge in [0.2, 0.25) is 5.91 Å². The number of benzene rings is 1. The topological polar surface area (TPSA) is 56.2 Å². The number of nitrogens with one attached hydrogen (secondary N) is 1. The maximum absolute atomic E-state index is 12.7. The zero-order valence-corrected chi connectivity index (χ0v) is 18.5. The number of rotatable bonds is 4. The number of ether oxygens (including phenoxy) is 1. The lowest BCUT2D eigenvalue weighted by molar-refractivity contribution is -0.139. The quantitative estimate of drug-likeness (QED) is 0.810. The van der Waals surface area contributed by atoms with E-state index in [1.807, 2.05) is 30.8 Å². The summed E-state index contributed by atoms with van der Waals surface area (Å²) in [6.45, 7) is 9.45. The van der Waals surface area contributed by atoms with Crippen LogP contribution in [0.3, 0.4) is 0 Å². The Balaban J connectivity index is 1.45. The van der Waals surface area contributed by atoms with E-state index in [0.717, 1.165) is 18.7 Å². The van der Waals surface area contributed by atoms with E-state index in [0.29, 0.717) is 11.8 Å². The van der Waals surface area contributed by atoms with Crippen LogP contribution < -0.4 is 5.32 Å². The molecule has 5 nitrogen and oxygen atoms in total. The van der Waals surface area contributed by atoms with Crippen LogP contribution in [-0.2, 0) is 9.53 Å². The van der Waals surface area contributed by atoms with Gasteiger partial charge in [-0.2, -0.15) is 5.10 Å². The molecule has 5 heteroatoms. The third-order valence-corrected chi connectivity index (χ3v) is 8.31. The van der Waals surface area contributed by atoms with Crippen LogP contribution in [0.4, 0.5) is 0 Å². The van der Waals surface area contributed by atoms with Crippen LogP contribution in [0.15, 0.2) is 42.7 Å². The standard InChI is InChI=1S/C25H33N3O2/c1-16(2)22(29)27-23-24(3,4)18-14-20-21(30-13-10-25(20,23)15-18)17-6-8-19(9-7-17)28-12-5-11-26-28/h5-9,11-12,16,18,20-21,23H,10,13-15H2,1-4H3,(H,27,29)/t18-,20-,21-,23-,25-/m1/s1.